The second-order valence-electron chi connectivity index (χ2n) is 5.41. The van der Waals surface area contributed by atoms with Crippen molar-refractivity contribution in [3.8, 4) is 0 Å². The largest absolute Gasteiger partial charge is 0.306 e. The Morgan fingerprint density at radius 1 is 1.10 bits per heavy atom. The van der Waals surface area contributed by atoms with Gasteiger partial charge in [-0.3, -0.25) is 0 Å². The van der Waals surface area contributed by atoms with E-state index in [1.165, 1.54) is 22.3 Å². The zero-order valence-electron chi connectivity index (χ0n) is 12.7. The van der Waals surface area contributed by atoms with Gasteiger partial charge in [-0.25, -0.2) is 0 Å². The SMILES string of the molecule is CCCNC(c1ccc(C)cc1C)c1ccc(Cl)cc1Br. The maximum Gasteiger partial charge on any atom is 0.0590 e. The van der Waals surface area contributed by atoms with Crippen LogP contribution in [0, 0.1) is 13.8 Å². The first kappa shape index (κ1) is 16.5. The Bertz CT molecular complexity index is 573. The molecule has 1 atom stereocenters. The molecule has 0 amide bonds. The fraction of sp³-hybridized carbons (Fsp3) is 0.333. The van der Waals surface area contributed by atoms with E-state index in [-0.39, 0.29) is 6.04 Å². The average Bonchev–Trinajstić information content (AvgIpc) is 2.42. The molecule has 2 aromatic carbocycles. The third-order valence-corrected chi connectivity index (χ3v) is 4.53. The van der Waals surface area contributed by atoms with Gasteiger partial charge in [-0.2, -0.15) is 0 Å². The van der Waals surface area contributed by atoms with Crippen molar-refractivity contribution in [2.45, 2.75) is 33.2 Å². The van der Waals surface area contributed by atoms with Crippen molar-refractivity contribution in [3.05, 3.63) is 68.1 Å². The van der Waals surface area contributed by atoms with E-state index in [0.717, 1.165) is 22.5 Å². The Kier molecular flexibility index (Phi) is 5.86. The van der Waals surface area contributed by atoms with E-state index in [9.17, 15) is 0 Å². The Labute approximate surface area is 140 Å². The molecule has 1 nitrogen and oxygen atoms in total. The van der Waals surface area contributed by atoms with Crippen LogP contribution in [-0.2, 0) is 0 Å². The van der Waals surface area contributed by atoms with Crippen LogP contribution in [0.1, 0.15) is 41.6 Å². The highest BCUT2D eigenvalue weighted by Gasteiger charge is 2.18. The van der Waals surface area contributed by atoms with Crippen molar-refractivity contribution in [3.63, 3.8) is 0 Å². The van der Waals surface area contributed by atoms with E-state index in [4.69, 9.17) is 11.6 Å². The van der Waals surface area contributed by atoms with Crippen LogP contribution >= 0.6 is 27.5 Å². The van der Waals surface area contributed by atoms with Crippen LogP contribution in [0.3, 0.4) is 0 Å². The summed E-state index contributed by atoms with van der Waals surface area (Å²) in [6.45, 7) is 7.46. The Balaban J connectivity index is 2.46. The van der Waals surface area contributed by atoms with Crippen molar-refractivity contribution < 1.29 is 0 Å². The minimum atomic E-state index is 0.178. The molecule has 0 aliphatic carbocycles. The van der Waals surface area contributed by atoms with E-state index < -0.39 is 0 Å². The van der Waals surface area contributed by atoms with Gasteiger partial charge >= 0.3 is 0 Å². The third kappa shape index (κ3) is 4.09. The van der Waals surface area contributed by atoms with Crippen LogP contribution in [0.25, 0.3) is 0 Å². The lowest BCUT2D eigenvalue weighted by molar-refractivity contribution is 0.594. The molecule has 3 heteroatoms. The number of hydrogen-bond donors (Lipinski definition) is 1. The van der Waals surface area contributed by atoms with Crippen LogP contribution in [0.4, 0.5) is 0 Å². The van der Waals surface area contributed by atoms with E-state index in [2.05, 4.69) is 66.3 Å². The summed E-state index contributed by atoms with van der Waals surface area (Å²) in [5, 5.41) is 4.40. The normalized spacial score (nSPS) is 12.4. The third-order valence-electron chi connectivity index (χ3n) is 3.61. The molecule has 0 spiro atoms. The lowest BCUT2D eigenvalue weighted by Gasteiger charge is -2.23. The van der Waals surface area contributed by atoms with Gasteiger partial charge in [0.15, 0.2) is 0 Å². The van der Waals surface area contributed by atoms with Gasteiger partial charge in [-0.15, -0.1) is 0 Å². The molecule has 2 rings (SSSR count). The van der Waals surface area contributed by atoms with Crippen LogP contribution in [-0.4, -0.2) is 6.54 Å². The molecule has 0 saturated carbocycles. The highest BCUT2D eigenvalue weighted by molar-refractivity contribution is 9.10. The highest BCUT2D eigenvalue weighted by atomic mass is 79.9. The molecular formula is C18H21BrClN. The van der Waals surface area contributed by atoms with Gasteiger partial charge in [0.1, 0.15) is 0 Å². The molecule has 0 aliphatic heterocycles. The predicted molar refractivity (Wildman–Crippen MR) is 95.2 cm³/mol. The summed E-state index contributed by atoms with van der Waals surface area (Å²) >= 11 is 9.73. The Morgan fingerprint density at radius 3 is 2.43 bits per heavy atom. The fourth-order valence-electron chi connectivity index (χ4n) is 2.56. The first-order valence-electron chi connectivity index (χ1n) is 7.28. The van der Waals surface area contributed by atoms with Crippen LogP contribution < -0.4 is 5.32 Å². The lowest BCUT2D eigenvalue weighted by Crippen LogP contribution is -2.24. The molecule has 0 radical (unpaired) electrons. The number of rotatable bonds is 5. The highest BCUT2D eigenvalue weighted by Crippen LogP contribution is 2.32. The quantitative estimate of drug-likeness (QED) is 0.704. The smallest absolute Gasteiger partial charge is 0.0590 e. The number of benzene rings is 2. The standard InChI is InChI=1S/C18H21BrClN/c1-4-9-21-18(15-7-5-12(2)10-13(15)3)16-8-6-14(20)11-17(16)19/h5-8,10-11,18,21H,4,9H2,1-3H3. The maximum atomic E-state index is 6.07. The van der Waals surface area contributed by atoms with Gasteiger partial charge in [-0.1, -0.05) is 64.3 Å². The monoisotopic (exact) mass is 365 g/mol. The summed E-state index contributed by atoms with van der Waals surface area (Å²) in [6.07, 6.45) is 1.10. The maximum absolute atomic E-state index is 6.07. The predicted octanol–water partition coefficient (Wildman–Crippen LogP) is 5.81. The molecule has 0 saturated heterocycles. The summed E-state index contributed by atoms with van der Waals surface area (Å²) in [7, 11) is 0. The topological polar surface area (TPSA) is 12.0 Å². The summed E-state index contributed by atoms with van der Waals surface area (Å²) < 4.78 is 1.04. The van der Waals surface area contributed by atoms with Gasteiger partial charge in [0.25, 0.3) is 0 Å². The summed E-state index contributed by atoms with van der Waals surface area (Å²) in [6, 6.07) is 12.8. The molecule has 1 unspecified atom stereocenters. The van der Waals surface area contributed by atoms with Crippen molar-refractivity contribution in [1.29, 1.82) is 0 Å². The number of nitrogens with one attached hydrogen (secondary N) is 1. The number of hydrogen-bond acceptors (Lipinski definition) is 1. The van der Waals surface area contributed by atoms with E-state index in [1.54, 1.807) is 0 Å². The molecular weight excluding hydrogens is 346 g/mol. The van der Waals surface area contributed by atoms with Crippen molar-refractivity contribution in [2.24, 2.45) is 0 Å². The molecule has 0 heterocycles. The van der Waals surface area contributed by atoms with E-state index in [0.29, 0.717) is 0 Å². The minimum absolute atomic E-state index is 0.178. The molecule has 0 bridgehead atoms. The van der Waals surface area contributed by atoms with Gasteiger partial charge in [0, 0.05) is 9.50 Å². The van der Waals surface area contributed by atoms with Gasteiger partial charge in [-0.05, 0) is 55.6 Å². The lowest BCUT2D eigenvalue weighted by atomic mass is 9.93. The van der Waals surface area contributed by atoms with Crippen molar-refractivity contribution in [1.82, 2.24) is 5.32 Å². The summed E-state index contributed by atoms with van der Waals surface area (Å²) in [5.74, 6) is 0. The van der Waals surface area contributed by atoms with E-state index >= 15 is 0 Å². The molecule has 21 heavy (non-hydrogen) atoms. The molecule has 0 fully saturated rings. The first-order chi connectivity index (χ1) is 10.0. The molecule has 0 aliphatic rings. The number of aryl methyl sites for hydroxylation is 2. The zero-order valence-corrected chi connectivity index (χ0v) is 15.1. The second kappa shape index (κ2) is 7.44. The van der Waals surface area contributed by atoms with E-state index in [1.807, 2.05) is 12.1 Å². The van der Waals surface area contributed by atoms with Gasteiger partial charge < -0.3 is 5.32 Å². The van der Waals surface area contributed by atoms with Gasteiger partial charge in [0.05, 0.1) is 6.04 Å². The zero-order chi connectivity index (χ0) is 15.4. The molecule has 0 aromatic heterocycles. The molecule has 1 N–H and O–H groups in total. The molecule has 2 aromatic rings. The van der Waals surface area contributed by atoms with Gasteiger partial charge in [0.2, 0.25) is 0 Å². The van der Waals surface area contributed by atoms with Crippen LogP contribution in [0.5, 0.6) is 0 Å². The average molecular weight is 367 g/mol. The fourth-order valence-corrected chi connectivity index (χ4v) is 3.47. The first-order valence-corrected chi connectivity index (χ1v) is 8.45. The molecule has 112 valence electrons. The Morgan fingerprint density at radius 2 is 1.81 bits per heavy atom. The summed E-state index contributed by atoms with van der Waals surface area (Å²) in [5.41, 5.74) is 5.14. The summed E-state index contributed by atoms with van der Waals surface area (Å²) in [4.78, 5) is 0. The minimum Gasteiger partial charge on any atom is -0.306 e. The van der Waals surface area contributed by atoms with Crippen molar-refractivity contribution >= 4 is 27.5 Å². The number of halogens is 2. The van der Waals surface area contributed by atoms with Crippen molar-refractivity contribution in [2.75, 3.05) is 6.54 Å². The second-order valence-corrected chi connectivity index (χ2v) is 6.70. The van der Waals surface area contributed by atoms with Crippen LogP contribution in [0.15, 0.2) is 40.9 Å². The van der Waals surface area contributed by atoms with Crippen LogP contribution in [0.2, 0.25) is 5.02 Å². The Hall–Kier alpha value is -0.830.